The Labute approximate surface area is 198 Å². The number of carboxylic acids is 1. The SMILES string of the molecule is Cc1snc(-c2ccc(OC3CCC[C@H](C(=O)O)C3)cn2)c1COC(=O)N(C)C1CCCC1. The number of pyridine rings is 1. The van der Waals surface area contributed by atoms with Crippen LogP contribution in [0, 0.1) is 12.8 Å². The number of carboxylic acid groups (broad SMARTS) is 1. The van der Waals surface area contributed by atoms with E-state index in [1.165, 1.54) is 11.5 Å². The van der Waals surface area contributed by atoms with Crippen LogP contribution in [0.1, 0.15) is 61.8 Å². The number of amides is 1. The van der Waals surface area contributed by atoms with Crippen LogP contribution >= 0.6 is 11.5 Å². The fraction of sp³-hybridized carbons (Fsp3) is 0.583. The summed E-state index contributed by atoms with van der Waals surface area (Å²) >= 11 is 1.37. The lowest BCUT2D eigenvalue weighted by Crippen LogP contribution is -2.35. The van der Waals surface area contributed by atoms with Gasteiger partial charge in [-0.1, -0.05) is 12.8 Å². The Balaban J connectivity index is 1.38. The van der Waals surface area contributed by atoms with Crippen molar-refractivity contribution >= 4 is 23.6 Å². The lowest BCUT2D eigenvalue weighted by atomic mass is 9.87. The largest absolute Gasteiger partial charge is 0.489 e. The van der Waals surface area contributed by atoms with Gasteiger partial charge in [-0.2, -0.15) is 4.37 Å². The highest BCUT2D eigenvalue weighted by Crippen LogP contribution is 2.31. The van der Waals surface area contributed by atoms with E-state index >= 15 is 0 Å². The normalized spacial score (nSPS) is 21.0. The summed E-state index contributed by atoms with van der Waals surface area (Å²) < 4.78 is 16.1. The van der Waals surface area contributed by atoms with Crippen molar-refractivity contribution in [2.45, 2.75) is 77.0 Å². The molecule has 2 aromatic rings. The molecule has 0 radical (unpaired) electrons. The molecule has 1 N–H and O–H groups in total. The molecule has 1 amide bonds. The van der Waals surface area contributed by atoms with E-state index in [0.717, 1.165) is 49.0 Å². The number of aryl methyl sites for hydroxylation is 1. The molecule has 2 atom stereocenters. The predicted molar refractivity (Wildman–Crippen MR) is 124 cm³/mol. The molecule has 2 aliphatic rings. The van der Waals surface area contributed by atoms with Crippen LogP contribution in [-0.2, 0) is 16.1 Å². The Hall–Kier alpha value is -2.68. The molecule has 0 bridgehead atoms. The molecule has 8 nitrogen and oxygen atoms in total. The second kappa shape index (κ2) is 10.5. The number of hydrogen-bond acceptors (Lipinski definition) is 7. The molecule has 0 aromatic carbocycles. The summed E-state index contributed by atoms with van der Waals surface area (Å²) in [5.41, 5.74) is 2.27. The quantitative estimate of drug-likeness (QED) is 0.600. The summed E-state index contributed by atoms with van der Waals surface area (Å²) in [6, 6.07) is 3.95. The average molecular weight is 474 g/mol. The summed E-state index contributed by atoms with van der Waals surface area (Å²) in [6.45, 7) is 2.12. The fourth-order valence-electron chi connectivity index (χ4n) is 4.70. The van der Waals surface area contributed by atoms with Gasteiger partial charge in [-0.3, -0.25) is 9.78 Å². The van der Waals surface area contributed by atoms with Crippen molar-refractivity contribution < 1.29 is 24.2 Å². The number of nitrogens with zero attached hydrogens (tertiary/aromatic N) is 3. The lowest BCUT2D eigenvalue weighted by molar-refractivity contribution is -0.143. The third kappa shape index (κ3) is 5.63. The third-order valence-corrected chi connectivity index (χ3v) is 7.54. The second-order valence-corrected chi connectivity index (χ2v) is 9.97. The summed E-state index contributed by atoms with van der Waals surface area (Å²) in [4.78, 5) is 31.0. The van der Waals surface area contributed by atoms with Crippen LogP contribution in [0.4, 0.5) is 4.79 Å². The number of ether oxygens (including phenoxy) is 2. The molecule has 0 saturated heterocycles. The van der Waals surface area contributed by atoms with E-state index in [-0.39, 0.29) is 30.8 Å². The molecule has 0 spiro atoms. The molecule has 2 fully saturated rings. The van der Waals surface area contributed by atoms with Gasteiger partial charge < -0.3 is 19.5 Å². The van der Waals surface area contributed by atoms with Crippen LogP contribution in [0.25, 0.3) is 11.4 Å². The van der Waals surface area contributed by atoms with E-state index < -0.39 is 5.97 Å². The molecular formula is C24H31N3O5S. The van der Waals surface area contributed by atoms with E-state index in [4.69, 9.17) is 9.47 Å². The maximum atomic E-state index is 12.5. The second-order valence-electron chi connectivity index (χ2n) is 8.99. The minimum Gasteiger partial charge on any atom is -0.489 e. The van der Waals surface area contributed by atoms with E-state index in [1.807, 2.05) is 26.1 Å². The first-order valence-corrected chi connectivity index (χ1v) is 12.4. The molecular weight excluding hydrogens is 442 g/mol. The summed E-state index contributed by atoms with van der Waals surface area (Å²) in [5, 5.41) is 9.27. The van der Waals surface area contributed by atoms with Gasteiger partial charge in [-0.05, 0) is 69.1 Å². The third-order valence-electron chi connectivity index (χ3n) is 6.74. The molecule has 0 aliphatic heterocycles. The van der Waals surface area contributed by atoms with Gasteiger partial charge >= 0.3 is 12.1 Å². The predicted octanol–water partition coefficient (Wildman–Crippen LogP) is 5.05. The molecule has 4 rings (SSSR count). The monoisotopic (exact) mass is 473 g/mol. The van der Waals surface area contributed by atoms with Gasteiger partial charge in [0.2, 0.25) is 0 Å². The first-order chi connectivity index (χ1) is 15.9. The van der Waals surface area contributed by atoms with Crippen molar-refractivity contribution in [1.29, 1.82) is 0 Å². The highest BCUT2D eigenvalue weighted by atomic mass is 32.1. The van der Waals surface area contributed by atoms with Crippen molar-refractivity contribution in [3.8, 4) is 17.1 Å². The molecule has 178 valence electrons. The zero-order valence-electron chi connectivity index (χ0n) is 19.2. The Kier molecular flexibility index (Phi) is 7.47. The minimum atomic E-state index is -0.752. The van der Waals surface area contributed by atoms with Crippen LogP contribution in [0.15, 0.2) is 18.3 Å². The van der Waals surface area contributed by atoms with Crippen molar-refractivity contribution in [2.24, 2.45) is 5.92 Å². The van der Waals surface area contributed by atoms with Gasteiger partial charge in [0.05, 0.1) is 23.9 Å². The molecule has 2 heterocycles. The number of carbonyl (C=O) groups excluding carboxylic acids is 1. The van der Waals surface area contributed by atoms with Crippen LogP contribution in [0.2, 0.25) is 0 Å². The summed E-state index contributed by atoms with van der Waals surface area (Å²) in [5.74, 6) is -0.474. The number of aromatic nitrogens is 2. The number of rotatable bonds is 7. The van der Waals surface area contributed by atoms with Crippen LogP contribution in [0.3, 0.4) is 0 Å². The van der Waals surface area contributed by atoms with Gasteiger partial charge in [0.25, 0.3) is 0 Å². The maximum Gasteiger partial charge on any atom is 0.410 e. The molecule has 2 aromatic heterocycles. The highest BCUT2D eigenvalue weighted by Gasteiger charge is 2.28. The fourth-order valence-corrected chi connectivity index (χ4v) is 5.40. The topological polar surface area (TPSA) is 102 Å². The Bertz CT molecular complexity index is 971. The molecule has 33 heavy (non-hydrogen) atoms. The summed E-state index contributed by atoms with van der Waals surface area (Å²) in [7, 11) is 1.81. The standard InChI is InChI=1S/C24H31N3O5S/c1-15-20(14-31-24(30)27(2)17-7-3-4-8-17)22(26-33-15)21-11-10-19(13-25-21)32-18-9-5-6-16(12-18)23(28)29/h10-11,13,16-18H,3-9,12,14H2,1-2H3,(H,28,29)/t16-,18?/m0/s1. The minimum absolute atomic E-state index is 0.110. The molecule has 1 unspecified atom stereocenters. The van der Waals surface area contributed by atoms with E-state index in [1.54, 1.807) is 11.1 Å². The number of carbonyl (C=O) groups is 2. The average Bonchev–Trinajstić information content (AvgIpc) is 3.48. The van der Waals surface area contributed by atoms with E-state index in [9.17, 15) is 14.7 Å². The van der Waals surface area contributed by atoms with Crippen molar-refractivity contribution in [3.63, 3.8) is 0 Å². The first kappa shape index (κ1) is 23.5. The van der Waals surface area contributed by atoms with E-state index in [2.05, 4.69) is 9.36 Å². The van der Waals surface area contributed by atoms with Crippen molar-refractivity contribution in [2.75, 3.05) is 7.05 Å². The van der Waals surface area contributed by atoms with Gasteiger partial charge in [0.1, 0.15) is 18.1 Å². The Morgan fingerprint density at radius 3 is 2.67 bits per heavy atom. The maximum absolute atomic E-state index is 12.5. The van der Waals surface area contributed by atoms with E-state index in [0.29, 0.717) is 30.0 Å². The Morgan fingerprint density at radius 2 is 1.97 bits per heavy atom. The van der Waals surface area contributed by atoms with Gasteiger partial charge in [0, 0.05) is 23.5 Å². The molecule has 2 saturated carbocycles. The first-order valence-electron chi connectivity index (χ1n) is 11.6. The smallest absolute Gasteiger partial charge is 0.410 e. The summed E-state index contributed by atoms with van der Waals surface area (Å²) in [6.07, 6.45) is 8.55. The Morgan fingerprint density at radius 1 is 1.18 bits per heavy atom. The lowest BCUT2D eigenvalue weighted by Gasteiger charge is -2.27. The van der Waals surface area contributed by atoms with Gasteiger partial charge in [0.15, 0.2) is 0 Å². The zero-order valence-corrected chi connectivity index (χ0v) is 20.0. The van der Waals surface area contributed by atoms with Gasteiger partial charge in [-0.25, -0.2) is 4.79 Å². The van der Waals surface area contributed by atoms with Gasteiger partial charge in [-0.15, -0.1) is 0 Å². The van der Waals surface area contributed by atoms with Crippen LogP contribution in [0.5, 0.6) is 5.75 Å². The van der Waals surface area contributed by atoms with Crippen LogP contribution < -0.4 is 4.74 Å². The van der Waals surface area contributed by atoms with Crippen molar-refractivity contribution in [1.82, 2.24) is 14.3 Å². The molecule has 2 aliphatic carbocycles. The number of hydrogen-bond donors (Lipinski definition) is 1. The van der Waals surface area contributed by atoms with Crippen LogP contribution in [-0.4, -0.2) is 50.6 Å². The number of aliphatic carboxylic acids is 1. The van der Waals surface area contributed by atoms with Crippen molar-refractivity contribution in [3.05, 3.63) is 28.8 Å². The highest BCUT2D eigenvalue weighted by molar-refractivity contribution is 7.06. The molecule has 9 heteroatoms. The zero-order chi connectivity index (χ0) is 23.4.